The van der Waals surface area contributed by atoms with Crippen LogP contribution in [0.5, 0.6) is 34.5 Å². The van der Waals surface area contributed by atoms with Gasteiger partial charge in [0.05, 0.1) is 0 Å². The molecule has 4 nitrogen and oxygen atoms in total. The Morgan fingerprint density at radius 3 is 1.44 bits per heavy atom. The predicted molar refractivity (Wildman–Crippen MR) is 149 cm³/mol. The summed E-state index contributed by atoms with van der Waals surface area (Å²) in [6.07, 6.45) is 16.6. The van der Waals surface area contributed by atoms with Crippen LogP contribution in [0.1, 0.15) is 127 Å². The zero-order valence-electron chi connectivity index (χ0n) is 23.2. The molecule has 1 aliphatic rings. The third-order valence-corrected chi connectivity index (χ3v) is 7.43. The summed E-state index contributed by atoms with van der Waals surface area (Å²) in [6.45, 7) is 8.80. The van der Waals surface area contributed by atoms with Crippen LogP contribution in [-0.2, 0) is 25.7 Å². The van der Waals surface area contributed by atoms with Crippen molar-refractivity contribution in [2.45, 2.75) is 130 Å². The van der Waals surface area contributed by atoms with Crippen molar-refractivity contribution in [3.8, 4) is 34.5 Å². The molecule has 4 heteroatoms. The zero-order chi connectivity index (χ0) is 25.9. The molecule has 0 spiro atoms. The van der Waals surface area contributed by atoms with E-state index in [0.717, 1.165) is 69.3 Å². The third kappa shape index (κ3) is 6.69. The van der Waals surface area contributed by atoms with Crippen LogP contribution in [0.25, 0.3) is 0 Å². The van der Waals surface area contributed by atoms with Crippen LogP contribution in [0.15, 0.2) is 12.1 Å². The number of aromatic hydroxyl groups is 2. The lowest BCUT2D eigenvalue weighted by molar-refractivity contribution is 0.331. The van der Waals surface area contributed by atoms with Crippen molar-refractivity contribution in [3.05, 3.63) is 34.4 Å². The summed E-state index contributed by atoms with van der Waals surface area (Å²) in [4.78, 5) is 0. The van der Waals surface area contributed by atoms with Gasteiger partial charge in [-0.3, -0.25) is 0 Å². The van der Waals surface area contributed by atoms with Crippen molar-refractivity contribution in [1.29, 1.82) is 0 Å². The van der Waals surface area contributed by atoms with Gasteiger partial charge in [0.25, 0.3) is 0 Å². The molecule has 2 aromatic rings. The van der Waals surface area contributed by atoms with Gasteiger partial charge in [-0.2, -0.15) is 0 Å². The Morgan fingerprint density at radius 2 is 0.944 bits per heavy atom. The standard InChI is InChI=1S/C32H48O4/c1-5-9-13-17-23-21-22-27-30(24(23)18-14-10-6-2)36-32-26(20-16-12-8-4)29(34)28(33)25(31(32)35-27)19-15-11-7-3/h21-22,33-34H,5-20H2,1-4H3. The molecule has 0 atom stereocenters. The quantitative estimate of drug-likeness (QED) is 0.153. The van der Waals surface area contributed by atoms with Gasteiger partial charge in [-0.15, -0.1) is 0 Å². The second-order valence-electron chi connectivity index (χ2n) is 10.4. The van der Waals surface area contributed by atoms with E-state index in [1.54, 1.807) is 0 Å². The van der Waals surface area contributed by atoms with Crippen molar-refractivity contribution < 1.29 is 19.7 Å². The van der Waals surface area contributed by atoms with Gasteiger partial charge in [-0.1, -0.05) is 85.1 Å². The topological polar surface area (TPSA) is 58.9 Å². The van der Waals surface area contributed by atoms with E-state index in [1.807, 2.05) is 6.07 Å². The smallest absolute Gasteiger partial charge is 0.177 e. The second-order valence-corrected chi connectivity index (χ2v) is 10.4. The first-order valence-electron chi connectivity index (χ1n) is 14.7. The summed E-state index contributed by atoms with van der Waals surface area (Å²) >= 11 is 0. The van der Waals surface area contributed by atoms with E-state index in [1.165, 1.54) is 43.2 Å². The van der Waals surface area contributed by atoms with Gasteiger partial charge < -0.3 is 19.7 Å². The molecule has 0 saturated heterocycles. The van der Waals surface area contributed by atoms with Crippen LogP contribution >= 0.6 is 0 Å². The molecule has 0 radical (unpaired) electrons. The van der Waals surface area contributed by atoms with Crippen LogP contribution in [0.4, 0.5) is 0 Å². The molecule has 1 aliphatic heterocycles. The number of benzene rings is 2. The van der Waals surface area contributed by atoms with Crippen molar-refractivity contribution in [2.24, 2.45) is 0 Å². The number of fused-ring (bicyclic) bond motifs is 2. The molecule has 36 heavy (non-hydrogen) atoms. The number of hydrogen-bond acceptors (Lipinski definition) is 4. The lowest BCUT2D eigenvalue weighted by atomic mass is 9.94. The number of ether oxygens (including phenoxy) is 2. The minimum atomic E-state index is -0.0391. The zero-order valence-corrected chi connectivity index (χ0v) is 23.2. The van der Waals surface area contributed by atoms with Gasteiger partial charge in [-0.05, 0) is 63.0 Å². The molecular weight excluding hydrogens is 448 g/mol. The van der Waals surface area contributed by atoms with Gasteiger partial charge in [0, 0.05) is 16.7 Å². The maximum Gasteiger partial charge on any atom is 0.177 e. The highest BCUT2D eigenvalue weighted by atomic mass is 16.6. The SMILES string of the molecule is CCCCCc1ccc2c(c1CCCCC)Oc1c(CCCCC)c(O)c(O)c(CCCCC)c1O2. The molecule has 200 valence electrons. The fourth-order valence-corrected chi connectivity index (χ4v) is 5.24. The summed E-state index contributed by atoms with van der Waals surface area (Å²) in [7, 11) is 0. The minimum absolute atomic E-state index is 0.0324. The molecule has 0 bridgehead atoms. The highest BCUT2D eigenvalue weighted by molar-refractivity contribution is 5.70. The lowest BCUT2D eigenvalue weighted by Crippen LogP contribution is -2.10. The second kappa shape index (κ2) is 14.4. The van der Waals surface area contributed by atoms with Crippen molar-refractivity contribution in [1.82, 2.24) is 0 Å². The van der Waals surface area contributed by atoms with Crippen LogP contribution in [0.3, 0.4) is 0 Å². The average molecular weight is 497 g/mol. The summed E-state index contributed by atoms with van der Waals surface area (Å²) < 4.78 is 13.3. The summed E-state index contributed by atoms with van der Waals surface area (Å²) in [5, 5.41) is 22.1. The third-order valence-electron chi connectivity index (χ3n) is 7.43. The highest BCUT2D eigenvalue weighted by Crippen LogP contribution is 2.56. The maximum atomic E-state index is 11.1. The Bertz CT molecular complexity index is 979. The van der Waals surface area contributed by atoms with Gasteiger partial charge in [-0.25, -0.2) is 0 Å². The summed E-state index contributed by atoms with van der Waals surface area (Å²) in [5.74, 6) is 2.68. The van der Waals surface area contributed by atoms with Gasteiger partial charge in [0.15, 0.2) is 34.5 Å². The summed E-state index contributed by atoms with van der Waals surface area (Å²) in [6, 6.07) is 4.25. The van der Waals surface area contributed by atoms with Crippen molar-refractivity contribution in [3.63, 3.8) is 0 Å². The van der Waals surface area contributed by atoms with Gasteiger partial charge in [0.2, 0.25) is 0 Å². The molecule has 0 unspecified atom stereocenters. The van der Waals surface area contributed by atoms with E-state index >= 15 is 0 Å². The summed E-state index contributed by atoms with van der Waals surface area (Å²) in [5.41, 5.74) is 3.95. The first kappa shape index (κ1) is 28.2. The monoisotopic (exact) mass is 496 g/mol. The largest absolute Gasteiger partial charge is 0.504 e. The predicted octanol–water partition coefficient (Wildman–Crippen LogP) is 9.93. The molecule has 0 aromatic heterocycles. The van der Waals surface area contributed by atoms with E-state index < -0.39 is 0 Å². The lowest BCUT2D eigenvalue weighted by Gasteiger charge is -2.29. The van der Waals surface area contributed by atoms with Crippen molar-refractivity contribution in [2.75, 3.05) is 0 Å². The van der Waals surface area contributed by atoms with Gasteiger partial charge >= 0.3 is 0 Å². The first-order chi connectivity index (χ1) is 17.6. The molecule has 1 heterocycles. The highest BCUT2D eigenvalue weighted by Gasteiger charge is 2.32. The molecule has 2 N–H and O–H groups in total. The Balaban J connectivity index is 2.07. The molecule has 0 fully saturated rings. The van der Waals surface area contributed by atoms with Crippen LogP contribution in [-0.4, -0.2) is 10.2 Å². The molecule has 2 aromatic carbocycles. The van der Waals surface area contributed by atoms with Gasteiger partial charge in [0.1, 0.15) is 0 Å². The molecular formula is C32H48O4. The number of hydrogen-bond donors (Lipinski definition) is 2. The number of aryl methyl sites for hydroxylation is 1. The maximum absolute atomic E-state index is 11.1. The molecule has 0 aliphatic carbocycles. The van der Waals surface area contributed by atoms with Crippen LogP contribution in [0, 0.1) is 0 Å². The van der Waals surface area contributed by atoms with E-state index in [0.29, 0.717) is 35.5 Å². The molecule has 3 rings (SSSR count). The fraction of sp³-hybridized carbons (Fsp3) is 0.625. The minimum Gasteiger partial charge on any atom is -0.504 e. The van der Waals surface area contributed by atoms with Crippen molar-refractivity contribution >= 4 is 0 Å². The molecule has 0 amide bonds. The Morgan fingerprint density at radius 1 is 0.500 bits per heavy atom. The fourth-order valence-electron chi connectivity index (χ4n) is 5.24. The number of rotatable bonds is 16. The van der Waals surface area contributed by atoms with Crippen LogP contribution < -0.4 is 9.47 Å². The Labute approximate surface area is 219 Å². The first-order valence-corrected chi connectivity index (χ1v) is 14.7. The number of unbranched alkanes of at least 4 members (excludes halogenated alkanes) is 8. The van der Waals surface area contributed by atoms with E-state index in [4.69, 9.17) is 9.47 Å². The normalized spacial score (nSPS) is 12.1. The van der Waals surface area contributed by atoms with Crippen LogP contribution in [0.2, 0.25) is 0 Å². The molecule has 0 saturated carbocycles. The Kier molecular flexibility index (Phi) is 11.3. The Hall–Kier alpha value is -2.36. The van der Waals surface area contributed by atoms with E-state index in [9.17, 15) is 10.2 Å². The van der Waals surface area contributed by atoms with E-state index in [2.05, 4.69) is 33.8 Å². The number of phenols is 2. The average Bonchev–Trinajstić information content (AvgIpc) is 2.88. The van der Waals surface area contributed by atoms with E-state index in [-0.39, 0.29) is 11.5 Å². The number of phenolic OH excluding ortho intramolecular Hbond substituents is 2.